The summed E-state index contributed by atoms with van der Waals surface area (Å²) in [5.41, 5.74) is 2.93. The van der Waals surface area contributed by atoms with Crippen LogP contribution in [0.5, 0.6) is 0 Å². The maximum Gasteiger partial charge on any atom is 0.163 e. The predicted octanol–water partition coefficient (Wildman–Crippen LogP) is 2.81. The van der Waals surface area contributed by atoms with E-state index < -0.39 is 0 Å². The average molecular weight is 297 g/mol. The highest BCUT2D eigenvalue weighted by Crippen LogP contribution is 2.18. The topological polar surface area (TPSA) is 72.3 Å². The Morgan fingerprint density at radius 2 is 2.27 bits per heavy atom. The van der Waals surface area contributed by atoms with E-state index in [9.17, 15) is 0 Å². The van der Waals surface area contributed by atoms with Gasteiger partial charge in [0.1, 0.15) is 11.9 Å². The summed E-state index contributed by atoms with van der Waals surface area (Å²) < 4.78 is 0. The fourth-order valence-corrected chi connectivity index (χ4v) is 2.31. The predicted molar refractivity (Wildman–Crippen MR) is 85.7 cm³/mol. The Morgan fingerprint density at radius 1 is 1.36 bits per heavy atom. The van der Waals surface area contributed by atoms with Gasteiger partial charge in [0.2, 0.25) is 0 Å². The third-order valence-electron chi connectivity index (χ3n) is 3.49. The fourth-order valence-electron chi connectivity index (χ4n) is 2.31. The Labute approximate surface area is 129 Å². The molecular formula is C16H19N5O. The van der Waals surface area contributed by atoms with E-state index in [1.165, 1.54) is 0 Å². The Kier molecular flexibility index (Phi) is 4.27. The van der Waals surface area contributed by atoms with Gasteiger partial charge in [0.05, 0.1) is 12.3 Å². The smallest absolute Gasteiger partial charge is 0.163 e. The average Bonchev–Trinajstić information content (AvgIpc) is 3.01. The molecular weight excluding hydrogens is 278 g/mol. The summed E-state index contributed by atoms with van der Waals surface area (Å²) >= 11 is 0. The van der Waals surface area contributed by atoms with Gasteiger partial charge in [-0.15, -0.1) is 0 Å². The number of nitrogens with one attached hydrogen (secondary N) is 1. The van der Waals surface area contributed by atoms with Crippen molar-refractivity contribution in [1.29, 1.82) is 0 Å². The molecule has 114 valence electrons. The Hall–Kier alpha value is -2.50. The molecule has 22 heavy (non-hydrogen) atoms. The summed E-state index contributed by atoms with van der Waals surface area (Å²) in [6.45, 7) is 4.72. The molecule has 0 saturated carbocycles. The zero-order valence-corrected chi connectivity index (χ0v) is 12.8. The molecule has 0 radical (unpaired) electrons. The van der Waals surface area contributed by atoms with Gasteiger partial charge in [0.15, 0.2) is 5.82 Å². The van der Waals surface area contributed by atoms with Gasteiger partial charge in [-0.1, -0.05) is 12.1 Å². The van der Waals surface area contributed by atoms with Crippen molar-refractivity contribution in [1.82, 2.24) is 15.0 Å². The van der Waals surface area contributed by atoms with Crippen molar-refractivity contribution in [3.05, 3.63) is 36.3 Å². The van der Waals surface area contributed by atoms with Crippen LogP contribution in [0.3, 0.4) is 0 Å². The van der Waals surface area contributed by atoms with Crippen LogP contribution in [0.2, 0.25) is 0 Å². The van der Waals surface area contributed by atoms with Gasteiger partial charge in [0.25, 0.3) is 0 Å². The van der Waals surface area contributed by atoms with E-state index in [0.717, 1.165) is 35.6 Å². The lowest BCUT2D eigenvalue weighted by molar-refractivity contribution is 0.0948. The number of aromatic nitrogens is 3. The molecule has 6 nitrogen and oxygen atoms in total. The van der Waals surface area contributed by atoms with Gasteiger partial charge in [0, 0.05) is 36.1 Å². The van der Waals surface area contributed by atoms with E-state index in [2.05, 4.69) is 32.3 Å². The van der Waals surface area contributed by atoms with E-state index in [0.29, 0.717) is 12.4 Å². The highest BCUT2D eigenvalue weighted by atomic mass is 16.6. The first-order chi connectivity index (χ1) is 10.7. The first kappa shape index (κ1) is 14.4. The SMILES string of the molecule is CCC1=NO[C@@H](CNc2cc(C)nc(-c3cccnc3)n2)C1. The van der Waals surface area contributed by atoms with Crippen LogP contribution in [0.4, 0.5) is 5.82 Å². The second kappa shape index (κ2) is 6.51. The van der Waals surface area contributed by atoms with E-state index in [-0.39, 0.29) is 6.10 Å². The quantitative estimate of drug-likeness (QED) is 0.918. The molecule has 2 aromatic rings. The summed E-state index contributed by atoms with van der Waals surface area (Å²) in [4.78, 5) is 18.5. The summed E-state index contributed by atoms with van der Waals surface area (Å²) in [6.07, 6.45) is 5.39. The largest absolute Gasteiger partial charge is 0.390 e. The van der Waals surface area contributed by atoms with Crippen LogP contribution in [0.15, 0.2) is 35.7 Å². The first-order valence-corrected chi connectivity index (χ1v) is 7.46. The lowest BCUT2D eigenvalue weighted by Crippen LogP contribution is -2.20. The number of hydrogen-bond acceptors (Lipinski definition) is 6. The number of aryl methyl sites for hydroxylation is 1. The molecule has 1 aliphatic heterocycles. The van der Waals surface area contributed by atoms with Crippen molar-refractivity contribution >= 4 is 11.5 Å². The molecule has 1 aliphatic rings. The Morgan fingerprint density at radius 3 is 3.00 bits per heavy atom. The van der Waals surface area contributed by atoms with E-state index >= 15 is 0 Å². The van der Waals surface area contributed by atoms with Crippen LogP contribution in [0.1, 0.15) is 25.5 Å². The molecule has 0 bridgehead atoms. The molecule has 0 amide bonds. The zero-order chi connectivity index (χ0) is 15.4. The van der Waals surface area contributed by atoms with Crippen molar-refractivity contribution in [3.8, 4) is 11.4 Å². The van der Waals surface area contributed by atoms with Gasteiger partial charge in [-0.25, -0.2) is 9.97 Å². The molecule has 0 saturated heterocycles. The number of pyridine rings is 1. The van der Waals surface area contributed by atoms with Crippen molar-refractivity contribution in [3.63, 3.8) is 0 Å². The summed E-state index contributed by atoms with van der Waals surface area (Å²) in [7, 11) is 0. The second-order valence-electron chi connectivity index (χ2n) is 5.28. The molecule has 0 spiro atoms. The standard InChI is InChI=1S/C16H19N5O/c1-3-13-8-14(22-21-13)10-18-15-7-11(2)19-16(20-15)12-5-4-6-17-9-12/h4-7,9,14H,3,8,10H2,1-2H3,(H,18,19,20)/t14-/m1/s1. The van der Waals surface area contributed by atoms with Crippen molar-refractivity contribution in [2.24, 2.45) is 5.16 Å². The summed E-state index contributed by atoms with van der Waals surface area (Å²) in [5, 5.41) is 7.38. The number of hydrogen-bond donors (Lipinski definition) is 1. The molecule has 3 rings (SSSR count). The van der Waals surface area contributed by atoms with E-state index in [1.54, 1.807) is 12.4 Å². The normalized spacial score (nSPS) is 17.0. The third-order valence-corrected chi connectivity index (χ3v) is 3.49. The number of oxime groups is 1. The van der Waals surface area contributed by atoms with Gasteiger partial charge in [-0.3, -0.25) is 4.98 Å². The van der Waals surface area contributed by atoms with Gasteiger partial charge < -0.3 is 10.2 Å². The minimum atomic E-state index is 0.0760. The van der Waals surface area contributed by atoms with Crippen LogP contribution in [0.25, 0.3) is 11.4 Å². The van der Waals surface area contributed by atoms with Crippen LogP contribution < -0.4 is 5.32 Å². The maximum atomic E-state index is 5.40. The van der Waals surface area contributed by atoms with Crippen molar-refractivity contribution in [2.75, 3.05) is 11.9 Å². The third kappa shape index (κ3) is 3.39. The number of rotatable bonds is 5. The van der Waals surface area contributed by atoms with Gasteiger partial charge >= 0.3 is 0 Å². The molecule has 0 fully saturated rings. The van der Waals surface area contributed by atoms with Crippen LogP contribution in [-0.2, 0) is 4.84 Å². The Bertz CT molecular complexity index is 671. The molecule has 0 unspecified atom stereocenters. The number of anilines is 1. The van der Waals surface area contributed by atoms with Crippen LogP contribution in [0, 0.1) is 6.92 Å². The number of nitrogens with zero attached hydrogens (tertiary/aromatic N) is 4. The molecule has 3 heterocycles. The molecule has 0 aliphatic carbocycles. The molecule has 1 atom stereocenters. The highest BCUT2D eigenvalue weighted by Gasteiger charge is 2.19. The lowest BCUT2D eigenvalue weighted by atomic mass is 10.1. The molecule has 0 aromatic carbocycles. The Balaban J connectivity index is 1.68. The summed E-state index contributed by atoms with van der Waals surface area (Å²) in [6, 6.07) is 5.76. The molecule has 6 heteroatoms. The monoisotopic (exact) mass is 297 g/mol. The van der Waals surface area contributed by atoms with E-state index in [1.807, 2.05) is 25.1 Å². The van der Waals surface area contributed by atoms with Crippen LogP contribution >= 0.6 is 0 Å². The minimum Gasteiger partial charge on any atom is -0.390 e. The fraction of sp³-hybridized carbons (Fsp3) is 0.375. The highest BCUT2D eigenvalue weighted by molar-refractivity contribution is 5.85. The van der Waals surface area contributed by atoms with E-state index in [4.69, 9.17) is 4.84 Å². The second-order valence-corrected chi connectivity index (χ2v) is 5.28. The zero-order valence-electron chi connectivity index (χ0n) is 12.8. The summed E-state index contributed by atoms with van der Waals surface area (Å²) in [5.74, 6) is 1.47. The molecule has 1 N–H and O–H groups in total. The maximum absolute atomic E-state index is 5.40. The van der Waals surface area contributed by atoms with Crippen LogP contribution in [-0.4, -0.2) is 33.3 Å². The minimum absolute atomic E-state index is 0.0760. The van der Waals surface area contributed by atoms with Crippen molar-refractivity contribution in [2.45, 2.75) is 32.8 Å². The van der Waals surface area contributed by atoms with Gasteiger partial charge in [-0.05, 0) is 25.5 Å². The van der Waals surface area contributed by atoms with Crippen molar-refractivity contribution < 1.29 is 4.84 Å². The first-order valence-electron chi connectivity index (χ1n) is 7.46. The molecule has 2 aromatic heterocycles. The lowest BCUT2D eigenvalue weighted by Gasteiger charge is -2.11. The van der Waals surface area contributed by atoms with Gasteiger partial charge in [-0.2, -0.15) is 0 Å².